The molecule has 3 fully saturated rings. The summed E-state index contributed by atoms with van der Waals surface area (Å²) in [6.07, 6.45) is 9.10. The van der Waals surface area contributed by atoms with Crippen LogP contribution < -0.4 is 5.32 Å². The van der Waals surface area contributed by atoms with Gasteiger partial charge in [-0.05, 0) is 106 Å². The van der Waals surface area contributed by atoms with Crippen molar-refractivity contribution in [2.75, 3.05) is 19.6 Å². The van der Waals surface area contributed by atoms with Crippen molar-refractivity contribution >= 4 is 11.0 Å². The average Bonchev–Trinajstić information content (AvgIpc) is 3.34. The Morgan fingerprint density at radius 3 is 2.46 bits per heavy atom. The summed E-state index contributed by atoms with van der Waals surface area (Å²) in [5, 5.41) is 3.63. The molecule has 2 bridgehead atoms. The van der Waals surface area contributed by atoms with Gasteiger partial charge in [-0.25, -0.2) is 4.98 Å². The monoisotopic (exact) mass is 470 g/mol. The first kappa shape index (κ1) is 23.2. The van der Waals surface area contributed by atoms with Gasteiger partial charge >= 0.3 is 0 Å². The van der Waals surface area contributed by atoms with E-state index in [0.717, 1.165) is 30.7 Å². The highest BCUT2D eigenvalue weighted by molar-refractivity contribution is 5.76. The minimum absolute atomic E-state index is 0.323. The minimum atomic E-state index is 0.323. The van der Waals surface area contributed by atoms with Crippen molar-refractivity contribution in [1.29, 1.82) is 0 Å². The molecule has 0 aliphatic carbocycles. The molecule has 3 saturated heterocycles. The number of rotatable bonds is 6. The van der Waals surface area contributed by atoms with Crippen LogP contribution in [-0.4, -0.2) is 46.2 Å². The fourth-order valence-corrected chi connectivity index (χ4v) is 7.61. The Morgan fingerprint density at radius 1 is 0.971 bits per heavy atom. The fraction of sp³-hybridized carbons (Fsp3) is 0.581. The standard InChI is InChI=1S/C31H42N4/c1-22(2)24-7-6-8-25(19-24)31(13-16-32-17-14-31)15-18-34-26-11-12-27(34)21-28(20-26)35-23(3)33-29-9-4-5-10-30(29)35/h4-10,19,22,26-28,32H,11-18,20-21H2,1-3H3. The highest BCUT2D eigenvalue weighted by atomic mass is 15.2. The number of hydrogen-bond donors (Lipinski definition) is 1. The Bertz CT molecular complexity index is 1160. The van der Waals surface area contributed by atoms with Crippen LogP contribution >= 0.6 is 0 Å². The van der Waals surface area contributed by atoms with Crippen LogP contribution in [0.15, 0.2) is 48.5 Å². The predicted molar refractivity (Wildman–Crippen MR) is 145 cm³/mol. The highest BCUT2D eigenvalue weighted by Gasteiger charge is 2.43. The Balaban J connectivity index is 1.21. The van der Waals surface area contributed by atoms with Gasteiger partial charge < -0.3 is 9.88 Å². The van der Waals surface area contributed by atoms with Gasteiger partial charge in [-0.1, -0.05) is 50.2 Å². The van der Waals surface area contributed by atoms with Gasteiger partial charge in [0.05, 0.1) is 11.0 Å². The van der Waals surface area contributed by atoms with Crippen LogP contribution in [0, 0.1) is 6.92 Å². The van der Waals surface area contributed by atoms with E-state index in [1.54, 1.807) is 5.56 Å². The molecule has 0 amide bonds. The summed E-state index contributed by atoms with van der Waals surface area (Å²) in [7, 11) is 0. The third-order valence-electron chi connectivity index (χ3n) is 9.57. The number of hydrogen-bond acceptors (Lipinski definition) is 3. The number of benzene rings is 2. The molecule has 186 valence electrons. The number of nitrogens with zero attached hydrogens (tertiary/aromatic N) is 3. The molecule has 0 radical (unpaired) electrons. The molecule has 1 aromatic heterocycles. The molecule has 3 aromatic rings. The molecule has 35 heavy (non-hydrogen) atoms. The molecule has 6 rings (SSSR count). The van der Waals surface area contributed by atoms with Crippen molar-refractivity contribution in [1.82, 2.24) is 19.8 Å². The lowest BCUT2D eigenvalue weighted by Gasteiger charge is -2.44. The van der Waals surface area contributed by atoms with E-state index in [4.69, 9.17) is 4.98 Å². The van der Waals surface area contributed by atoms with E-state index >= 15 is 0 Å². The summed E-state index contributed by atoms with van der Waals surface area (Å²) in [6, 6.07) is 20.3. The Labute approximate surface area is 211 Å². The fourth-order valence-electron chi connectivity index (χ4n) is 7.61. The molecule has 4 heterocycles. The topological polar surface area (TPSA) is 33.1 Å². The van der Waals surface area contributed by atoms with Crippen LogP contribution in [-0.2, 0) is 5.41 Å². The van der Waals surface area contributed by atoms with Gasteiger partial charge in [0, 0.05) is 18.1 Å². The third kappa shape index (κ3) is 4.23. The van der Waals surface area contributed by atoms with E-state index in [9.17, 15) is 0 Å². The zero-order valence-electron chi connectivity index (χ0n) is 21.8. The van der Waals surface area contributed by atoms with Crippen molar-refractivity contribution < 1.29 is 0 Å². The van der Waals surface area contributed by atoms with Crippen molar-refractivity contribution in [3.8, 4) is 0 Å². The molecule has 2 unspecified atom stereocenters. The van der Waals surface area contributed by atoms with E-state index in [-0.39, 0.29) is 0 Å². The highest BCUT2D eigenvalue weighted by Crippen LogP contribution is 2.44. The largest absolute Gasteiger partial charge is 0.325 e. The number of para-hydroxylation sites is 2. The molecule has 3 aliphatic rings. The normalized spacial score (nSPS) is 26.6. The quantitative estimate of drug-likeness (QED) is 0.456. The number of fused-ring (bicyclic) bond motifs is 3. The van der Waals surface area contributed by atoms with Gasteiger partial charge in [-0.15, -0.1) is 0 Å². The van der Waals surface area contributed by atoms with Gasteiger partial charge in [-0.2, -0.15) is 0 Å². The Kier molecular flexibility index (Phi) is 6.22. The molecule has 4 heteroatoms. The van der Waals surface area contributed by atoms with Crippen LogP contribution in [0.4, 0.5) is 0 Å². The minimum Gasteiger partial charge on any atom is -0.325 e. The second-order valence-corrected chi connectivity index (χ2v) is 11.8. The van der Waals surface area contributed by atoms with Crippen molar-refractivity contribution in [2.24, 2.45) is 0 Å². The van der Waals surface area contributed by atoms with E-state index in [2.05, 4.69) is 84.1 Å². The maximum absolute atomic E-state index is 4.88. The van der Waals surface area contributed by atoms with E-state index in [1.165, 1.54) is 68.4 Å². The maximum Gasteiger partial charge on any atom is 0.106 e. The van der Waals surface area contributed by atoms with Crippen LogP contribution in [0.5, 0.6) is 0 Å². The lowest BCUT2D eigenvalue weighted by Crippen LogP contribution is -2.47. The van der Waals surface area contributed by atoms with E-state index in [0.29, 0.717) is 17.4 Å². The van der Waals surface area contributed by atoms with Crippen molar-refractivity contribution in [2.45, 2.75) is 95.2 Å². The lowest BCUT2D eigenvalue weighted by atomic mass is 9.70. The second kappa shape index (κ2) is 9.37. The molecular weight excluding hydrogens is 428 g/mol. The zero-order valence-corrected chi connectivity index (χ0v) is 21.8. The van der Waals surface area contributed by atoms with E-state index in [1.807, 2.05) is 0 Å². The van der Waals surface area contributed by atoms with Crippen LogP contribution in [0.25, 0.3) is 11.0 Å². The van der Waals surface area contributed by atoms with Gasteiger partial charge in [0.15, 0.2) is 0 Å². The number of aryl methyl sites for hydroxylation is 1. The number of aromatic nitrogens is 2. The SMILES string of the molecule is Cc1nc2ccccc2n1C1CC2CCC(C1)N2CCC1(c2cccc(C(C)C)c2)CCNCC1. The molecule has 2 atom stereocenters. The van der Waals surface area contributed by atoms with Gasteiger partial charge in [-0.3, -0.25) is 4.90 Å². The number of piperidine rings is 2. The smallest absolute Gasteiger partial charge is 0.106 e. The first-order chi connectivity index (χ1) is 17.0. The van der Waals surface area contributed by atoms with Crippen LogP contribution in [0.1, 0.15) is 87.7 Å². The summed E-state index contributed by atoms with van der Waals surface area (Å²) >= 11 is 0. The molecule has 0 saturated carbocycles. The van der Waals surface area contributed by atoms with Crippen LogP contribution in [0.3, 0.4) is 0 Å². The summed E-state index contributed by atoms with van der Waals surface area (Å²) in [5.74, 6) is 1.77. The zero-order chi connectivity index (χ0) is 24.0. The molecule has 2 aromatic carbocycles. The Hall–Kier alpha value is -2.17. The summed E-state index contributed by atoms with van der Waals surface area (Å²) in [4.78, 5) is 7.80. The number of imidazole rings is 1. The summed E-state index contributed by atoms with van der Waals surface area (Å²) in [5.41, 5.74) is 5.87. The molecule has 1 N–H and O–H groups in total. The van der Waals surface area contributed by atoms with Gasteiger partial charge in [0.2, 0.25) is 0 Å². The molecular formula is C31H42N4. The first-order valence-electron chi connectivity index (χ1n) is 14.0. The molecule has 3 aliphatic heterocycles. The first-order valence-corrected chi connectivity index (χ1v) is 14.0. The lowest BCUT2D eigenvalue weighted by molar-refractivity contribution is 0.0929. The second-order valence-electron chi connectivity index (χ2n) is 11.8. The van der Waals surface area contributed by atoms with Crippen LogP contribution in [0.2, 0.25) is 0 Å². The Morgan fingerprint density at radius 2 is 1.71 bits per heavy atom. The molecule has 0 spiro atoms. The number of nitrogens with one attached hydrogen (secondary N) is 1. The maximum atomic E-state index is 4.88. The van der Waals surface area contributed by atoms with Crippen molar-refractivity contribution in [3.63, 3.8) is 0 Å². The summed E-state index contributed by atoms with van der Waals surface area (Å²) in [6.45, 7) is 10.4. The summed E-state index contributed by atoms with van der Waals surface area (Å²) < 4.78 is 2.56. The van der Waals surface area contributed by atoms with E-state index < -0.39 is 0 Å². The van der Waals surface area contributed by atoms with Gasteiger partial charge in [0.1, 0.15) is 5.82 Å². The average molecular weight is 471 g/mol. The van der Waals surface area contributed by atoms with Crippen molar-refractivity contribution in [3.05, 3.63) is 65.5 Å². The molecule has 4 nitrogen and oxygen atoms in total. The third-order valence-corrected chi connectivity index (χ3v) is 9.57. The van der Waals surface area contributed by atoms with Gasteiger partial charge in [0.25, 0.3) is 0 Å². The predicted octanol–water partition coefficient (Wildman–Crippen LogP) is 6.35.